The number of nitrogens with one attached hydrogen (secondary N) is 1. The van der Waals surface area contributed by atoms with Gasteiger partial charge in [0.25, 0.3) is 0 Å². The maximum atomic E-state index is 4.44. The standard InChI is InChI=1S/C13H22N2S/c1-3-12-9-15-13(16-12)6-7-14-10(2)8-11-4-5-11/h9-11,14H,3-8H2,1-2H3. The molecule has 0 bridgehead atoms. The molecule has 2 rings (SSSR count). The number of aryl methyl sites for hydroxylation is 1. The van der Waals surface area contributed by atoms with Crippen LogP contribution in [0.25, 0.3) is 0 Å². The summed E-state index contributed by atoms with van der Waals surface area (Å²) in [5.41, 5.74) is 0. The lowest BCUT2D eigenvalue weighted by atomic mass is 10.1. The van der Waals surface area contributed by atoms with E-state index >= 15 is 0 Å². The second-order valence-electron chi connectivity index (χ2n) is 4.86. The predicted molar refractivity (Wildman–Crippen MR) is 70.0 cm³/mol. The van der Waals surface area contributed by atoms with Crippen LogP contribution in [0.2, 0.25) is 0 Å². The van der Waals surface area contributed by atoms with Gasteiger partial charge in [0.05, 0.1) is 5.01 Å². The van der Waals surface area contributed by atoms with E-state index in [-0.39, 0.29) is 0 Å². The Bertz CT molecular complexity index is 317. The Kier molecular flexibility index (Phi) is 4.36. The summed E-state index contributed by atoms with van der Waals surface area (Å²) in [4.78, 5) is 5.84. The van der Waals surface area contributed by atoms with Crippen LogP contribution in [0.5, 0.6) is 0 Å². The van der Waals surface area contributed by atoms with Gasteiger partial charge in [0.15, 0.2) is 0 Å². The van der Waals surface area contributed by atoms with Crippen molar-refractivity contribution in [3.63, 3.8) is 0 Å². The lowest BCUT2D eigenvalue weighted by molar-refractivity contribution is 0.491. The molecule has 1 N–H and O–H groups in total. The fourth-order valence-corrected chi connectivity index (χ4v) is 2.85. The second-order valence-corrected chi connectivity index (χ2v) is 6.06. The van der Waals surface area contributed by atoms with Crippen molar-refractivity contribution in [3.8, 4) is 0 Å². The van der Waals surface area contributed by atoms with Gasteiger partial charge in [-0.15, -0.1) is 11.3 Å². The number of hydrogen-bond acceptors (Lipinski definition) is 3. The largest absolute Gasteiger partial charge is 0.314 e. The predicted octanol–water partition coefficient (Wildman–Crippen LogP) is 3.03. The molecule has 0 radical (unpaired) electrons. The van der Waals surface area contributed by atoms with E-state index in [0.717, 1.165) is 25.3 Å². The van der Waals surface area contributed by atoms with Gasteiger partial charge in [0.2, 0.25) is 0 Å². The van der Waals surface area contributed by atoms with Gasteiger partial charge >= 0.3 is 0 Å². The Labute approximate surface area is 102 Å². The van der Waals surface area contributed by atoms with Crippen LogP contribution in [-0.2, 0) is 12.8 Å². The highest BCUT2D eigenvalue weighted by Crippen LogP contribution is 2.33. The molecule has 0 amide bonds. The summed E-state index contributed by atoms with van der Waals surface area (Å²) < 4.78 is 0. The zero-order valence-electron chi connectivity index (χ0n) is 10.3. The molecule has 16 heavy (non-hydrogen) atoms. The normalized spacial score (nSPS) is 17.6. The maximum Gasteiger partial charge on any atom is 0.0940 e. The third kappa shape index (κ3) is 3.87. The molecule has 1 aliphatic rings. The van der Waals surface area contributed by atoms with E-state index in [2.05, 4.69) is 24.1 Å². The molecule has 1 aromatic rings. The molecule has 1 aromatic heterocycles. The molecule has 0 saturated heterocycles. The fourth-order valence-electron chi connectivity index (χ4n) is 1.99. The highest BCUT2D eigenvalue weighted by Gasteiger charge is 2.23. The summed E-state index contributed by atoms with van der Waals surface area (Å²) in [6, 6.07) is 0.679. The van der Waals surface area contributed by atoms with E-state index in [1.807, 2.05) is 17.5 Å². The Morgan fingerprint density at radius 1 is 1.56 bits per heavy atom. The van der Waals surface area contributed by atoms with E-state index in [1.165, 1.54) is 29.1 Å². The van der Waals surface area contributed by atoms with Gasteiger partial charge < -0.3 is 5.32 Å². The monoisotopic (exact) mass is 238 g/mol. The van der Waals surface area contributed by atoms with E-state index in [4.69, 9.17) is 0 Å². The molecule has 0 aromatic carbocycles. The Morgan fingerprint density at radius 3 is 3.00 bits per heavy atom. The van der Waals surface area contributed by atoms with Gasteiger partial charge in [-0.05, 0) is 25.7 Å². The van der Waals surface area contributed by atoms with E-state index < -0.39 is 0 Å². The molecule has 90 valence electrons. The summed E-state index contributed by atoms with van der Waals surface area (Å²) in [5, 5.41) is 4.88. The first-order valence-electron chi connectivity index (χ1n) is 6.45. The van der Waals surface area contributed by atoms with Gasteiger partial charge in [-0.2, -0.15) is 0 Å². The molecule has 3 heteroatoms. The number of thiazole rings is 1. The minimum atomic E-state index is 0.679. The quantitative estimate of drug-likeness (QED) is 0.790. The van der Waals surface area contributed by atoms with Crippen molar-refractivity contribution in [1.29, 1.82) is 0 Å². The highest BCUT2D eigenvalue weighted by atomic mass is 32.1. The van der Waals surface area contributed by atoms with E-state index in [1.54, 1.807) is 0 Å². The van der Waals surface area contributed by atoms with Crippen molar-refractivity contribution in [1.82, 2.24) is 10.3 Å². The molecule has 1 fully saturated rings. The fraction of sp³-hybridized carbons (Fsp3) is 0.769. The first-order chi connectivity index (χ1) is 7.78. The molecule has 1 saturated carbocycles. The van der Waals surface area contributed by atoms with Crippen LogP contribution in [0.15, 0.2) is 6.20 Å². The van der Waals surface area contributed by atoms with Gasteiger partial charge in [-0.25, -0.2) is 4.98 Å². The number of hydrogen-bond donors (Lipinski definition) is 1. The van der Waals surface area contributed by atoms with Crippen molar-refractivity contribution in [2.75, 3.05) is 6.54 Å². The molecule has 0 aliphatic heterocycles. The zero-order chi connectivity index (χ0) is 11.4. The highest BCUT2D eigenvalue weighted by molar-refractivity contribution is 7.11. The third-order valence-corrected chi connectivity index (χ3v) is 4.37. The second kappa shape index (κ2) is 5.78. The molecule has 1 aliphatic carbocycles. The first kappa shape index (κ1) is 12.1. The van der Waals surface area contributed by atoms with Crippen LogP contribution < -0.4 is 5.32 Å². The molecule has 2 nitrogen and oxygen atoms in total. The number of aromatic nitrogens is 1. The van der Waals surface area contributed by atoms with Crippen LogP contribution in [-0.4, -0.2) is 17.6 Å². The first-order valence-corrected chi connectivity index (χ1v) is 7.26. The van der Waals surface area contributed by atoms with Crippen molar-refractivity contribution >= 4 is 11.3 Å². The SMILES string of the molecule is CCc1cnc(CCNC(C)CC2CC2)s1. The third-order valence-electron chi connectivity index (χ3n) is 3.17. The van der Waals surface area contributed by atoms with Crippen LogP contribution in [0, 0.1) is 5.92 Å². The van der Waals surface area contributed by atoms with Crippen LogP contribution in [0.4, 0.5) is 0 Å². The summed E-state index contributed by atoms with van der Waals surface area (Å²) in [5.74, 6) is 1.02. The minimum absolute atomic E-state index is 0.679. The Morgan fingerprint density at radius 2 is 2.38 bits per heavy atom. The van der Waals surface area contributed by atoms with E-state index in [9.17, 15) is 0 Å². The minimum Gasteiger partial charge on any atom is -0.314 e. The summed E-state index contributed by atoms with van der Waals surface area (Å²) in [6.45, 7) is 5.56. The van der Waals surface area contributed by atoms with Crippen LogP contribution in [0.1, 0.15) is 43.0 Å². The lowest BCUT2D eigenvalue weighted by Crippen LogP contribution is -2.28. The van der Waals surface area contributed by atoms with Crippen molar-refractivity contribution in [2.45, 2.75) is 52.0 Å². The molecule has 1 atom stereocenters. The Hall–Kier alpha value is -0.410. The average Bonchev–Trinajstić information content (AvgIpc) is 2.96. The van der Waals surface area contributed by atoms with E-state index in [0.29, 0.717) is 6.04 Å². The van der Waals surface area contributed by atoms with Crippen molar-refractivity contribution in [3.05, 3.63) is 16.1 Å². The van der Waals surface area contributed by atoms with Crippen molar-refractivity contribution in [2.24, 2.45) is 5.92 Å². The van der Waals surface area contributed by atoms with Gasteiger partial charge in [0, 0.05) is 30.1 Å². The molecular formula is C13H22N2S. The van der Waals surface area contributed by atoms with Gasteiger partial charge in [-0.1, -0.05) is 19.8 Å². The zero-order valence-corrected chi connectivity index (χ0v) is 11.1. The Balaban J connectivity index is 1.62. The molecule has 1 unspecified atom stereocenters. The topological polar surface area (TPSA) is 24.9 Å². The van der Waals surface area contributed by atoms with Crippen LogP contribution >= 0.6 is 11.3 Å². The summed E-state index contributed by atoms with van der Waals surface area (Å²) in [6.07, 6.45) is 8.49. The van der Waals surface area contributed by atoms with Crippen LogP contribution in [0.3, 0.4) is 0 Å². The number of nitrogens with zero attached hydrogens (tertiary/aromatic N) is 1. The van der Waals surface area contributed by atoms with Gasteiger partial charge in [0.1, 0.15) is 0 Å². The number of rotatable bonds is 7. The average molecular weight is 238 g/mol. The molecule has 1 heterocycles. The molecule has 0 spiro atoms. The molecular weight excluding hydrogens is 216 g/mol. The maximum absolute atomic E-state index is 4.44. The summed E-state index contributed by atoms with van der Waals surface area (Å²) >= 11 is 1.86. The van der Waals surface area contributed by atoms with Crippen molar-refractivity contribution < 1.29 is 0 Å². The summed E-state index contributed by atoms with van der Waals surface area (Å²) in [7, 11) is 0. The smallest absolute Gasteiger partial charge is 0.0940 e. The lowest BCUT2D eigenvalue weighted by Gasteiger charge is -2.12. The van der Waals surface area contributed by atoms with Gasteiger partial charge in [-0.3, -0.25) is 0 Å².